The van der Waals surface area contributed by atoms with Crippen molar-refractivity contribution in [1.82, 2.24) is 4.90 Å². The molecule has 1 aliphatic rings. The molecule has 0 amide bonds. The Morgan fingerprint density at radius 2 is 2.00 bits per heavy atom. The summed E-state index contributed by atoms with van der Waals surface area (Å²) in [7, 11) is 0. The molecule has 4 heteroatoms. The molecule has 1 aromatic carbocycles. The van der Waals surface area contributed by atoms with E-state index in [2.05, 4.69) is 4.90 Å². The van der Waals surface area contributed by atoms with Gasteiger partial charge in [-0.1, -0.05) is 12.1 Å². The summed E-state index contributed by atoms with van der Waals surface area (Å²) in [6, 6.07) is 6.43. The number of hydrogen-bond acceptors (Lipinski definition) is 3. The number of benzene rings is 1. The fraction of sp³-hybridized carbons (Fsp3) is 0.538. The first-order chi connectivity index (χ1) is 8.19. The number of likely N-dealkylation sites (tertiary alicyclic amines) is 1. The summed E-state index contributed by atoms with van der Waals surface area (Å²) in [6.45, 7) is 2.20. The molecule has 17 heavy (non-hydrogen) atoms. The van der Waals surface area contributed by atoms with Crippen molar-refractivity contribution in [2.75, 3.05) is 19.7 Å². The molecule has 2 rings (SSSR count). The van der Waals surface area contributed by atoms with Crippen molar-refractivity contribution in [3.05, 3.63) is 35.6 Å². The van der Waals surface area contributed by atoms with Gasteiger partial charge in [0.15, 0.2) is 0 Å². The van der Waals surface area contributed by atoms with Crippen LogP contribution < -0.4 is 0 Å². The van der Waals surface area contributed by atoms with Crippen molar-refractivity contribution in [3.63, 3.8) is 0 Å². The molecule has 1 saturated heterocycles. The molecule has 1 fully saturated rings. The highest BCUT2D eigenvalue weighted by atomic mass is 19.1. The van der Waals surface area contributed by atoms with Crippen LogP contribution in [0.4, 0.5) is 4.39 Å². The molecule has 2 N–H and O–H groups in total. The maximum absolute atomic E-state index is 12.7. The Hall–Kier alpha value is -0.970. The smallest absolute Gasteiger partial charge is 0.123 e. The van der Waals surface area contributed by atoms with Gasteiger partial charge in [0.05, 0.1) is 6.10 Å². The number of halogens is 1. The molecule has 1 aliphatic heterocycles. The second-order valence-electron chi connectivity index (χ2n) is 4.66. The molecule has 2 atom stereocenters. The van der Waals surface area contributed by atoms with E-state index >= 15 is 0 Å². The van der Waals surface area contributed by atoms with E-state index in [0.29, 0.717) is 6.54 Å². The molecule has 3 nitrogen and oxygen atoms in total. The van der Waals surface area contributed by atoms with E-state index < -0.39 is 6.10 Å². The summed E-state index contributed by atoms with van der Waals surface area (Å²) in [5, 5.41) is 18.8. The van der Waals surface area contributed by atoms with E-state index in [4.69, 9.17) is 5.11 Å². The van der Waals surface area contributed by atoms with Crippen LogP contribution >= 0.6 is 0 Å². The largest absolute Gasteiger partial charge is 0.396 e. The van der Waals surface area contributed by atoms with Gasteiger partial charge >= 0.3 is 0 Å². The second-order valence-corrected chi connectivity index (χ2v) is 4.66. The highest BCUT2D eigenvalue weighted by molar-refractivity contribution is 5.16. The molecule has 0 radical (unpaired) electrons. The summed E-state index contributed by atoms with van der Waals surface area (Å²) in [4.78, 5) is 2.13. The second kappa shape index (κ2) is 5.58. The monoisotopic (exact) mass is 239 g/mol. The van der Waals surface area contributed by atoms with Gasteiger partial charge < -0.3 is 10.2 Å². The maximum Gasteiger partial charge on any atom is 0.123 e. The molecule has 0 saturated carbocycles. The third-order valence-electron chi connectivity index (χ3n) is 3.36. The zero-order chi connectivity index (χ0) is 12.3. The number of nitrogens with zero attached hydrogens (tertiary/aromatic N) is 1. The van der Waals surface area contributed by atoms with Crippen molar-refractivity contribution < 1.29 is 14.6 Å². The van der Waals surface area contributed by atoms with Crippen molar-refractivity contribution in [2.45, 2.75) is 19.1 Å². The molecule has 0 aliphatic carbocycles. The highest BCUT2D eigenvalue weighted by Crippen LogP contribution is 2.19. The van der Waals surface area contributed by atoms with Crippen LogP contribution in [0.15, 0.2) is 24.3 Å². The van der Waals surface area contributed by atoms with E-state index in [1.54, 1.807) is 12.1 Å². The van der Waals surface area contributed by atoms with Gasteiger partial charge in [0.1, 0.15) is 5.82 Å². The predicted molar refractivity (Wildman–Crippen MR) is 62.9 cm³/mol. The molecule has 1 aromatic rings. The van der Waals surface area contributed by atoms with Crippen LogP contribution in [0.1, 0.15) is 12.0 Å². The van der Waals surface area contributed by atoms with Gasteiger partial charge in [0.2, 0.25) is 0 Å². The third-order valence-corrected chi connectivity index (χ3v) is 3.36. The van der Waals surface area contributed by atoms with Crippen LogP contribution in [0.2, 0.25) is 0 Å². The summed E-state index contributed by atoms with van der Waals surface area (Å²) in [5.74, 6) is -0.229. The van der Waals surface area contributed by atoms with Crippen molar-refractivity contribution in [3.8, 4) is 0 Å². The van der Waals surface area contributed by atoms with E-state index in [1.165, 1.54) is 12.1 Å². The van der Waals surface area contributed by atoms with Crippen molar-refractivity contribution in [1.29, 1.82) is 0 Å². The molecule has 1 heterocycles. The Morgan fingerprint density at radius 3 is 2.59 bits per heavy atom. The molecule has 0 bridgehead atoms. The maximum atomic E-state index is 12.7. The topological polar surface area (TPSA) is 43.7 Å². The third kappa shape index (κ3) is 3.25. The van der Waals surface area contributed by atoms with Crippen LogP contribution in [0.25, 0.3) is 0 Å². The van der Waals surface area contributed by atoms with Crippen LogP contribution in [0.3, 0.4) is 0 Å². The van der Waals surface area contributed by atoms with Gasteiger partial charge in [0.25, 0.3) is 0 Å². The Kier molecular flexibility index (Phi) is 4.10. The van der Waals surface area contributed by atoms with Crippen molar-refractivity contribution >= 4 is 0 Å². The number of β-amino-alcohol motifs (C(OH)–C–C–N with tert-alkyl or cyclic N) is 1. The lowest BCUT2D eigenvalue weighted by Gasteiger charge is -2.35. The summed E-state index contributed by atoms with van der Waals surface area (Å²) in [6.07, 6.45) is 0.341. The number of aliphatic hydroxyl groups excluding tert-OH is 2. The minimum atomic E-state index is -0.464. The van der Waals surface area contributed by atoms with E-state index in [1.807, 2.05) is 0 Å². The molecular weight excluding hydrogens is 221 g/mol. The van der Waals surface area contributed by atoms with Gasteiger partial charge in [-0.2, -0.15) is 0 Å². The van der Waals surface area contributed by atoms with Crippen LogP contribution in [-0.4, -0.2) is 40.9 Å². The quantitative estimate of drug-likeness (QED) is 0.827. The zero-order valence-corrected chi connectivity index (χ0v) is 9.72. The summed E-state index contributed by atoms with van der Waals surface area (Å²) < 4.78 is 12.7. The number of aliphatic hydroxyl groups is 2. The molecule has 94 valence electrons. The predicted octanol–water partition coefficient (Wildman–Crippen LogP) is 1.00. The molecule has 0 spiro atoms. The van der Waals surface area contributed by atoms with Gasteiger partial charge in [-0.25, -0.2) is 4.39 Å². The van der Waals surface area contributed by atoms with Gasteiger partial charge in [-0.3, -0.25) is 4.90 Å². The number of hydrogen-bond donors (Lipinski definition) is 2. The first-order valence-corrected chi connectivity index (χ1v) is 5.95. The Balaban J connectivity index is 1.90. The van der Waals surface area contributed by atoms with Crippen LogP contribution in [0.5, 0.6) is 0 Å². The van der Waals surface area contributed by atoms with E-state index in [9.17, 15) is 9.50 Å². The van der Waals surface area contributed by atoms with Gasteiger partial charge in [-0.05, 0) is 30.7 Å². The van der Waals surface area contributed by atoms with Gasteiger partial charge in [-0.15, -0.1) is 0 Å². The lowest BCUT2D eigenvalue weighted by Crippen LogP contribution is -2.44. The fourth-order valence-corrected chi connectivity index (χ4v) is 2.25. The average molecular weight is 239 g/mol. The Labute approximate surface area is 100 Å². The highest BCUT2D eigenvalue weighted by Gasteiger charge is 2.26. The first-order valence-electron chi connectivity index (χ1n) is 5.95. The van der Waals surface area contributed by atoms with Crippen molar-refractivity contribution in [2.24, 2.45) is 5.92 Å². The summed E-state index contributed by atoms with van der Waals surface area (Å²) >= 11 is 0. The normalized spacial score (nSPS) is 26.1. The van der Waals surface area contributed by atoms with Crippen LogP contribution in [-0.2, 0) is 6.54 Å². The summed E-state index contributed by atoms with van der Waals surface area (Å²) in [5.41, 5.74) is 1.04. The minimum absolute atomic E-state index is 0.000493. The number of rotatable bonds is 3. The van der Waals surface area contributed by atoms with E-state index in [-0.39, 0.29) is 18.3 Å². The fourth-order valence-electron chi connectivity index (χ4n) is 2.25. The Morgan fingerprint density at radius 1 is 1.29 bits per heavy atom. The molecular formula is C13H18FNO2. The SMILES string of the molecule is OC[C@H]1CCN(Cc2ccc(F)cc2)C[C@H]1O. The van der Waals surface area contributed by atoms with Crippen LogP contribution in [0, 0.1) is 11.7 Å². The lowest BCUT2D eigenvalue weighted by atomic mass is 9.94. The standard InChI is InChI=1S/C13H18FNO2/c14-12-3-1-10(2-4-12)7-15-6-5-11(9-16)13(17)8-15/h1-4,11,13,16-17H,5-9H2/t11-,13-/m1/s1. The number of piperidine rings is 1. The zero-order valence-electron chi connectivity index (χ0n) is 9.72. The van der Waals surface area contributed by atoms with E-state index in [0.717, 1.165) is 25.1 Å². The average Bonchev–Trinajstić information content (AvgIpc) is 2.32. The minimum Gasteiger partial charge on any atom is -0.396 e. The Bertz CT molecular complexity index is 355. The molecule has 0 unspecified atom stereocenters. The lowest BCUT2D eigenvalue weighted by molar-refractivity contribution is -0.00444. The molecule has 0 aromatic heterocycles. The first kappa shape index (κ1) is 12.5. The van der Waals surface area contributed by atoms with Gasteiger partial charge in [0, 0.05) is 25.6 Å².